The first-order chi connectivity index (χ1) is 10.6. The van der Waals surface area contributed by atoms with Gasteiger partial charge in [-0.25, -0.2) is 8.42 Å². The Balaban J connectivity index is 1.75. The highest BCUT2D eigenvalue weighted by Crippen LogP contribution is 2.33. The molecule has 1 N–H and O–H groups in total. The first-order valence-electron chi connectivity index (χ1n) is 6.89. The quantitative estimate of drug-likeness (QED) is 0.765. The summed E-state index contributed by atoms with van der Waals surface area (Å²) in [6.07, 6.45) is 0.697. The molecule has 0 amide bonds. The predicted octanol–water partition coefficient (Wildman–Crippen LogP) is 3.63. The lowest BCUT2D eigenvalue weighted by Crippen LogP contribution is -2.35. The second-order valence-corrected chi connectivity index (χ2v) is 9.15. The molecule has 0 atom stereocenters. The maximum absolute atomic E-state index is 12.7. The van der Waals surface area contributed by atoms with Crippen LogP contribution in [0, 0.1) is 0 Å². The minimum Gasteiger partial charge on any atom is -0.358 e. The summed E-state index contributed by atoms with van der Waals surface area (Å²) < 4.78 is 27.8. The number of thiophene rings is 1. The monoisotopic (exact) mass is 352 g/mol. The number of hydrogen-bond acceptors (Lipinski definition) is 3. The number of para-hydroxylation sites is 1. The van der Waals surface area contributed by atoms with Crippen molar-refractivity contribution in [2.24, 2.45) is 0 Å². The summed E-state index contributed by atoms with van der Waals surface area (Å²) in [5, 5.41) is 1.10. The van der Waals surface area contributed by atoms with Crippen molar-refractivity contribution in [2.75, 3.05) is 6.54 Å². The summed E-state index contributed by atoms with van der Waals surface area (Å²) in [7, 11) is -3.48. The van der Waals surface area contributed by atoms with Crippen LogP contribution in [0.2, 0.25) is 4.34 Å². The number of nitrogens with one attached hydrogen (secondary N) is 1. The second-order valence-electron chi connectivity index (χ2n) is 5.27. The lowest BCUT2D eigenvalue weighted by Gasteiger charge is -2.25. The Morgan fingerprint density at radius 1 is 1.18 bits per heavy atom. The molecule has 0 saturated carbocycles. The van der Waals surface area contributed by atoms with E-state index in [0.717, 1.165) is 33.5 Å². The van der Waals surface area contributed by atoms with Gasteiger partial charge in [0.15, 0.2) is 0 Å². The van der Waals surface area contributed by atoms with Crippen LogP contribution in [0.15, 0.2) is 40.6 Å². The van der Waals surface area contributed by atoms with Crippen molar-refractivity contribution < 1.29 is 8.42 Å². The Kier molecular flexibility index (Phi) is 3.30. The number of nitrogens with zero attached hydrogens (tertiary/aromatic N) is 1. The van der Waals surface area contributed by atoms with Crippen molar-refractivity contribution in [3.05, 3.63) is 52.0 Å². The van der Waals surface area contributed by atoms with Crippen LogP contribution >= 0.6 is 22.9 Å². The normalized spacial score (nSPS) is 16.0. The average Bonchev–Trinajstić information content (AvgIpc) is 3.10. The lowest BCUT2D eigenvalue weighted by molar-refractivity contribution is 0.392. The Morgan fingerprint density at radius 2 is 2.00 bits per heavy atom. The zero-order valence-electron chi connectivity index (χ0n) is 11.5. The number of hydrogen-bond donors (Lipinski definition) is 1. The minimum absolute atomic E-state index is 0.306. The number of sulfonamides is 1. The molecular formula is C15H13ClN2O2S2. The molecule has 1 aliphatic rings. The van der Waals surface area contributed by atoms with Gasteiger partial charge in [-0.3, -0.25) is 0 Å². The highest BCUT2D eigenvalue weighted by molar-refractivity contribution is 7.91. The SMILES string of the molecule is O=S(=O)(c1ccc(Cl)s1)N1CCc2[nH]c3ccccc3c2C1. The molecule has 0 bridgehead atoms. The summed E-state index contributed by atoms with van der Waals surface area (Å²) in [5.74, 6) is 0. The molecule has 1 aromatic carbocycles. The Morgan fingerprint density at radius 3 is 2.77 bits per heavy atom. The molecular weight excluding hydrogens is 340 g/mol. The van der Waals surface area contributed by atoms with Gasteiger partial charge < -0.3 is 4.98 Å². The van der Waals surface area contributed by atoms with E-state index in [2.05, 4.69) is 4.98 Å². The summed E-state index contributed by atoms with van der Waals surface area (Å²) in [6, 6.07) is 11.2. The van der Waals surface area contributed by atoms with Crippen LogP contribution in [0.4, 0.5) is 0 Å². The number of benzene rings is 1. The van der Waals surface area contributed by atoms with Gasteiger partial charge in [-0.1, -0.05) is 29.8 Å². The topological polar surface area (TPSA) is 53.2 Å². The first-order valence-corrected chi connectivity index (χ1v) is 9.53. The summed E-state index contributed by atoms with van der Waals surface area (Å²) in [4.78, 5) is 3.39. The zero-order chi connectivity index (χ0) is 15.3. The van der Waals surface area contributed by atoms with Gasteiger partial charge in [-0.05, 0) is 23.8 Å². The van der Waals surface area contributed by atoms with Crippen LogP contribution in [0.3, 0.4) is 0 Å². The van der Waals surface area contributed by atoms with Crippen molar-refractivity contribution in [1.29, 1.82) is 0 Å². The van der Waals surface area contributed by atoms with E-state index >= 15 is 0 Å². The number of rotatable bonds is 2. The van der Waals surface area contributed by atoms with E-state index in [1.54, 1.807) is 12.1 Å². The van der Waals surface area contributed by atoms with Gasteiger partial charge in [0.1, 0.15) is 4.21 Å². The van der Waals surface area contributed by atoms with Crippen LogP contribution in [-0.2, 0) is 23.0 Å². The fourth-order valence-corrected chi connectivity index (χ4v) is 5.96. The lowest BCUT2D eigenvalue weighted by atomic mass is 10.1. The molecule has 1 aliphatic heterocycles. The predicted molar refractivity (Wildman–Crippen MR) is 88.9 cm³/mol. The second kappa shape index (κ2) is 5.09. The molecule has 3 heterocycles. The molecule has 7 heteroatoms. The summed E-state index contributed by atoms with van der Waals surface area (Å²) >= 11 is 6.98. The van der Waals surface area contributed by atoms with Gasteiger partial charge in [0.05, 0.1) is 4.34 Å². The maximum Gasteiger partial charge on any atom is 0.252 e. The third kappa shape index (κ3) is 2.18. The smallest absolute Gasteiger partial charge is 0.252 e. The molecule has 4 rings (SSSR count). The van der Waals surface area contributed by atoms with E-state index in [4.69, 9.17) is 11.6 Å². The Bertz CT molecular complexity index is 959. The molecule has 0 unspecified atom stereocenters. The van der Waals surface area contributed by atoms with Gasteiger partial charge in [-0.2, -0.15) is 4.31 Å². The van der Waals surface area contributed by atoms with Gasteiger partial charge in [0.25, 0.3) is 10.0 Å². The van der Waals surface area contributed by atoms with E-state index in [1.165, 1.54) is 4.31 Å². The van der Waals surface area contributed by atoms with E-state index in [0.29, 0.717) is 28.1 Å². The largest absolute Gasteiger partial charge is 0.358 e. The number of H-pyrrole nitrogens is 1. The fourth-order valence-electron chi connectivity index (χ4n) is 2.91. The van der Waals surface area contributed by atoms with Gasteiger partial charge in [0.2, 0.25) is 0 Å². The van der Waals surface area contributed by atoms with Crippen LogP contribution in [-0.4, -0.2) is 24.3 Å². The van der Waals surface area contributed by atoms with Crippen molar-refractivity contribution in [3.63, 3.8) is 0 Å². The third-order valence-corrected chi connectivity index (χ3v) is 7.53. The summed E-state index contributed by atoms with van der Waals surface area (Å²) in [6.45, 7) is 0.884. The molecule has 114 valence electrons. The number of aromatic nitrogens is 1. The number of fused-ring (bicyclic) bond motifs is 3. The maximum atomic E-state index is 12.7. The van der Waals surface area contributed by atoms with E-state index < -0.39 is 10.0 Å². The first kappa shape index (κ1) is 14.3. The molecule has 0 fully saturated rings. The van der Waals surface area contributed by atoms with Crippen molar-refractivity contribution >= 4 is 43.9 Å². The van der Waals surface area contributed by atoms with Gasteiger partial charge >= 0.3 is 0 Å². The van der Waals surface area contributed by atoms with Crippen LogP contribution in [0.5, 0.6) is 0 Å². The van der Waals surface area contributed by atoms with Crippen molar-refractivity contribution in [1.82, 2.24) is 9.29 Å². The highest BCUT2D eigenvalue weighted by Gasteiger charge is 2.31. The zero-order valence-corrected chi connectivity index (χ0v) is 13.9. The number of aromatic amines is 1. The van der Waals surface area contributed by atoms with E-state index in [9.17, 15) is 8.42 Å². The van der Waals surface area contributed by atoms with E-state index in [-0.39, 0.29) is 0 Å². The van der Waals surface area contributed by atoms with Crippen LogP contribution in [0.1, 0.15) is 11.3 Å². The molecule has 2 aromatic heterocycles. The standard InChI is InChI=1S/C15H13ClN2O2S2/c16-14-5-6-15(21-14)22(19,20)18-8-7-13-11(9-18)10-3-1-2-4-12(10)17-13/h1-6,17H,7-9H2. The van der Waals surface area contributed by atoms with Gasteiger partial charge in [0, 0.05) is 36.1 Å². The molecule has 0 radical (unpaired) electrons. The fraction of sp³-hybridized carbons (Fsp3) is 0.200. The molecule has 3 aromatic rings. The van der Waals surface area contributed by atoms with Crippen molar-refractivity contribution in [3.8, 4) is 0 Å². The van der Waals surface area contributed by atoms with Crippen molar-refractivity contribution in [2.45, 2.75) is 17.2 Å². The molecule has 0 saturated heterocycles. The number of halogens is 1. The molecule has 22 heavy (non-hydrogen) atoms. The molecule has 0 aliphatic carbocycles. The van der Waals surface area contributed by atoms with Crippen LogP contribution < -0.4 is 0 Å². The average molecular weight is 353 g/mol. The minimum atomic E-state index is -3.48. The Labute approximate surface area is 137 Å². The van der Waals surface area contributed by atoms with E-state index in [1.807, 2.05) is 24.3 Å². The molecule has 4 nitrogen and oxygen atoms in total. The Hall–Kier alpha value is -1.34. The molecule has 0 spiro atoms. The summed E-state index contributed by atoms with van der Waals surface area (Å²) in [5.41, 5.74) is 3.27. The van der Waals surface area contributed by atoms with Crippen LogP contribution in [0.25, 0.3) is 10.9 Å². The highest BCUT2D eigenvalue weighted by atomic mass is 35.5. The van der Waals surface area contributed by atoms with Gasteiger partial charge in [-0.15, -0.1) is 11.3 Å². The third-order valence-electron chi connectivity index (χ3n) is 3.99.